The predicted octanol–water partition coefficient (Wildman–Crippen LogP) is 1.48. The molecular weight excluding hydrogens is 234 g/mol. The zero-order chi connectivity index (χ0) is 13.9. The number of carbonyl (C=O) groups excluding carboxylic acids is 1. The zero-order valence-electron chi connectivity index (χ0n) is 11.4. The second kappa shape index (κ2) is 5.52. The highest BCUT2D eigenvalue weighted by molar-refractivity contribution is 5.89. The van der Waals surface area contributed by atoms with Crippen LogP contribution >= 0.6 is 0 Å². The molecule has 0 aromatic rings. The highest BCUT2D eigenvalue weighted by Crippen LogP contribution is 2.22. The standard InChI is InChI=1S/C13H21NO4/c1-8(12(17)18-13(2,3)4)9-5-6-14-10(7-9)11(15)16/h10,14H,5-7H2,1-4H3,(H,15,16). The summed E-state index contributed by atoms with van der Waals surface area (Å²) in [6.07, 6.45) is 1.05. The first kappa shape index (κ1) is 14.7. The van der Waals surface area contributed by atoms with Crippen LogP contribution in [0.1, 0.15) is 40.5 Å². The second-order valence-corrected chi connectivity index (χ2v) is 5.53. The molecular formula is C13H21NO4. The molecule has 5 heteroatoms. The Balaban J connectivity index is 2.78. The minimum absolute atomic E-state index is 0.358. The molecule has 1 aliphatic heterocycles. The van der Waals surface area contributed by atoms with Crippen molar-refractivity contribution in [3.05, 3.63) is 11.1 Å². The number of carboxylic acid groups (broad SMARTS) is 1. The maximum atomic E-state index is 11.9. The lowest BCUT2D eigenvalue weighted by molar-refractivity contribution is -0.150. The minimum Gasteiger partial charge on any atom is -0.480 e. The molecule has 0 radical (unpaired) electrons. The van der Waals surface area contributed by atoms with Gasteiger partial charge in [0.15, 0.2) is 0 Å². The van der Waals surface area contributed by atoms with Crippen molar-refractivity contribution in [2.45, 2.75) is 52.2 Å². The average molecular weight is 255 g/mol. The third-order valence-corrected chi connectivity index (χ3v) is 2.80. The highest BCUT2D eigenvalue weighted by atomic mass is 16.6. The molecule has 0 aromatic carbocycles. The third kappa shape index (κ3) is 4.14. The van der Waals surface area contributed by atoms with Gasteiger partial charge in [0.05, 0.1) is 0 Å². The van der Waals surface area contributed by atoms with Gasteiger partial charge < -0.3 is 15.2 Å². The fourth-order valence-electron chi connectivity index (χ4n) is 1.83. The summed E-state index contributed by atoms with van der Waals surface area (Å²) in [6.45, 7) is 7.71. The lowest BCUT2D eigenvalue weighted by Gasteiger charge is -2.25. The van der Waals surface area contributed by atoms with E-state index in [1.165, 1.54) is 0 Å². The molecule has 1 saturated heterocycles. The smallest absolute Gasteiger partial charge is 0.334 e. The van der Waals surface area contributed by atoms with Crippen LogP contribution in [0.4, 0.5) is 0 Å². The summed E-state index contributed by atoms with van der Waals surface area (Å²) < 4.78 is 5.28. The van der Waals surface area contributed by atoms with Crippen molar-refractivity contribution in [3.8, 4) is 0 Å². The number of ether oxygens (including phenoxy) is 1. The number of hydrogen-bond acceptors (Lipinski definition) is 4. The lowest BCUT2D eigenvalue weighted by Crippen LogP contribution is -2.41. The van der Waals surface area contributed by atoms with Gasteiger partial charge in [-0.15, -0.1) is 0 Å². The summed E-state index contributed by atoms with van der Waals surface area (Å²) in [5, 5.41) is 11.9. The summed E-state index contributed by atoms with van der Waals surface area (Å²) >= 11 is 0. The SMILES string of the molecule is CC(C(=O)OC(C)(C)C)=C1CCNC(C(=O)O)C1. The predicted molar refractivity (Wildman–Crippen MR) is 67.2 cm³/mol. The number of carboxylic acids is 1. The van der Waals surface area contributed by atoms with Crippen molar-refractivity contribution in [3.63, 3.8) is 0 Å². The van der Waals surface area contributed by atoms with Gasteiger partial charge in [0, 0.05) is 5.57 Å². The Morgan fingerprint density at radius 1 is 1.39 bits per heavy atom. The first-order chi connectivity index (χ1) is 8.20. The Bertz CT molecular complexity index is 379. The van der Waals surface area contributed by atoms with Crippen LogP contribution in [0.3, 0.4) is 0 Å². The third-order valence-electron chi connectivity index (χ3n) is 2.80. The number of hydrogen-bond donors (Lipinski definition) is 2. The molecule has 1 atom stereocenters. The van der Waals surface area contributed by atoms with E-state index in [2.05, 4.69) is 5.32 Å². The van der Waals surface area contributed by atoms with E-state index in [0.29, 0.717) is 25.0 Å². The fourth-order valence-corrected chi connectivity index (χ4v) is 1.83. The summed E-state index contributed by atoms with van der Waals surface area (Å²) in [4.78, 5) is 22.8. The van der Waals surface area contributed by atoms with E-state index in [1.54, 1.807) is 6.92 Å². The molecule has 18 heavy (non-hydrogen) atoms. The van der Waals surface area contributed by atoms with Crippen LogP contribution < -0.4 is 5.32 Å². The Labute approximate surface area is 107 Å². The molecule has 0 aromatic heterocycles. The van der Waals surface area contributed by atoms with E-state index in [4.69, 9.17) is 9.84 Å². The molecule has 2 N–H and O–H groups in total. The summed E-state index contributed by atoms with van der Waals surface area (Å²) in [5.41, 5.74) is 0.881. The summed E-state index contributed by atoms with van der Waals surface area (Å²) in [5.74, 6) is -1.24. The molecule has 0 bridgehead atoms. The van der Waals surface area contributed by atoms with E-state index < -0.39 is 17.6 Å². The molecule has 0 amide bonds. The molecule has 1 fully saturated rings. The molecule has 0 aliphatic carbocycles. The van der Waals surface area contributed by atoms with Crippen molar-refractivity contribution in [1.29, 1.82) is 0 Å². The lowest BCUT2D eigenvalue weighted by atomic mass is 9.94. The van der Waals surface area contributed by atoms with Gasteiger partial charge in [-0.25, -0.2) is 4.79 Å². The van der Waals surface area contributed by atoms with E-state index in [-0.39, 0.29) is 5.97 Å². The summed E-state index contributed by atoms with van der Waals surface area (Å²) in [6, 6.07) is -0.605. The van der Waals surface area contributed by atoms with E-state index in [0.717, 1.165) is 5.57 Å². The van der Waals surface area contributed by atoms with Gasteiger partial charge in [0.1, 0.15) is 11.6 Å². The average Bonchev–Trinajstić information content (AvgIpc) is 2.26. The van der Waals surface area contributed by atoms with Gasteiger partial charge in [-0.3, -0.25) is 4.79 Å². The molecule has 1 rings (SSSR count). The van der Waals surface area contributed by atoms with Gasteiger partial charge in [-0.1, -0.05) is 5.57 Å². The van der Waals surface area contributed by atoms with E-state index >= 15 is 0 Å². The fraction of sp³-hybridized carbons (Fsp3) is 0.692. The van der Waals surface area contributed by atoms with Crippen LogP contribution in [-0.4, -0.2) is 35.2 Å². The van der Waals surface area contributed by atoms with Crippen LogP contribution in [0.25, 0.3) is 0 Å². The van der Waals surface area contributed by atoms with Crippen LogP contribution in [0.2, 0.25) is 0 Å². The van der Waals surface area contributed by atoms with Gasteiger partial charge in [0.2, 0.25) is 0 Å². The number of rotatable bonds is 2. The Hall–Kier alpha value is -1.36. The molecule has 1 unspecified atom stereocenters. The number of nitrogens with one attached hydrogen (secondary N) is 1. The van der Waals surface area contributed by atoms with Crippen LogP contribution in [0.5, 0.6) is 0 Å². The first-order valence-corrected chi connectivity index (χ1v) is 6.09. The molecule has 102 valence electrons. The van der Waals surface area contributed by atoms with Gasteiger partial charge in [0.25, 0.3) is 0 Å². The number of esters is 1. The van der Waals surface area contributed by atoms with Crippen LogP contribution in [-0.2, 0) is 14.3 Å². The molecule has 5 nitrogen and oxygen atoms in total. The zero-order valence-corrected chi connectivity index (χ0v) is 11.4. The van der Waals surface area contributed by atoms with E-state index in [9.17, 15) is 9.59 Å². The van der Waals surface area contributed by atoms with Gasteiger partial charge in [-0.05, 0) is 47.1 Å². The van der Waals surface area contributed by atoms with Crippen molar-refractivity contribution < 1.29 is 19.4 Å². The Morgan fingerprint density at radius 3 is 2.50 bits per heavy atom. The molecule has 0 spiro atoms. The maximum Gasteiger partial charge on any atom is 0.334 e. The second-order valence-electron chi connectivity index (χ2n) is 5.53. The normalized spacial score (nSPS) is 23.4. The molecule has 1 aliphatic rings. The van der Waals surface area contributed by atoms with Gasteiger partial charge in [-0.2, -0.15) is 0 Å². The van der Waals surface area contributed by atoms with Crippen LogP contribution in [0, 0.1) is 0 Å². The summed E-state index contributed by atoms with van der Waals surface area (Å²) in [7, 11) is 0. The van der Waals surface area contributed by atoms with Crippen molar-refractivity contribution in [1.82, 2.24) is 5.32 Å². The monoisotopic (exact) mass is 255 g/mol. The van der Waals surface area contributed by atoms with Crippen molar-refractivity contribution in [2.75, 3.05) is 6.54 Å². The van der Waals surface area contributed by atoms with Crippen molar-refractivity contribution in [2.24, 2.45) is 0 Å². The number of carbonyl (C=O) groups is 2. The van der Waals surface area contributed by atoms with Crippen LogP contribution in [0.15, 0.2) is 11.1 Å². The Kier molecular flexibility index (Phi) is 4.51. The Morgan fingerprint density at radius 2 is 2.00 bits per heavy atom. The minimum atomic E-state index is -0.885. The molecule has 0 saturated carbocycles. The van der Waals surface area contributed by atoms with E-state index in [1.807, 2.05) is 20.8 Å². The molecule has 1 heterocycles. The van der Waals surface area contributed by atoms with Crippen molar-refractivity contribution >= 4 is 11.9 Å². The largest absolute Gasteiger partial charge is 0.480 e. The van der Waals surface area contributed by atoms with Gasteiger partial charge >= 0.3 is 11.9 Å². The highest BCUT2D eigenvalue weighted by Gasteiger charge is 2.26. The quantitative estimate of drug-likeness (QED) is 0.577. The first-order valence-electron chi connectivity index (χ1n) is 6.09. The topological polar surface area (TPSA) is 75.6 Å². The maximum absolute atomic E-state index is 11.9. The number of piperidine rings is 1. The number of aliphatic carboxylic acids is 1.